The van der Waals surface area contributed by atoms with Crippen molar-refractivity contribution < 1.29 is 4.74 Å². The minimum atomic E-state index is -0.581. The van der Waals surface area contributed by atoms with E-state index < -0.39 is 10.9 Å². The molecule has 2 aromatic rings. The zero-order chi connectivity index (χ0) is 20.3. The van der Waals surface area contributed by atoms with E-state index in [2.05, 4.69) is 34.5 Å². The summed E-state index contributed by atoms with van der Waals surface area (Å²) in [6.07, 6.45) is 7.92. The number of nitrogens with zero attached hydrogens (tertiary/aromatic N) is 1. The lowest BCUT2D eigenvalue weighted by molar-refractivity contribution is -0.0851. The molecular weight excluding hydrogens is 366 g/mol. The molecule has 6 heteroatoms. The third-order valence-electron chi connectivity index (χ3n) is 6.41. The highest BCUT2D eigenvalue weighted by atomic mass is 16.5. The number of anilines is 2. The fourth-order valence-corrected chi connectivity index (χ4v) is 4.86. The first-order chi connectivity index (χ1) is 14.1. The lowest BCUT2D eigenvalue weighted by Gasteiger charge is -2.43. The second-order valence-electron chi connectivity index (χ2n) is 8.42. The molecular formula is C23H31N3O3. The van der Waals surface area contributed by atoms with Crippen LogP contribution in [0.1, 0.15) is 49.7 Å². The molecule has 1 aliphatic heterocycles. The van der Waals surface area contributed by atoms with Gasteiger partial charge in [0, 0.05) is 19.7 Å². The molecule has 1 unspecified atom stereocenters. The van der Waals surface area contributed by atoms with Gasteiger partial charge in [0.1, 0.15) is 17.0 Å². The molecule has 156 valence electrons. The smallest absolute Gasteiger partial charge is 0.253 e. The van der Waals surface area contributed by atoms with Gasteiger partial charge in [-0.15, -0.1) is 0 Å². The fraction of sp³-hybridized carbons (Fsp3) is 0.565. The monoisotopic (exact) mass is 397 g/mol. The van der Waals surface area contributed by atoms with E-state index >= 15 is 0 Å². The third kappa shape index (κ3) is 4.09. The molecule has 0 saturated carbocycles. The number of hydrogen-bond acceptors (Lipinski definition) is 6. The van der Waals surface area contributed by atoms with Crippen LogP contribution in [0.2, 0.25) is 0 Å². The number of nitrogens with one attached hydrogen (secondary N) is 1. The number of ether oxygens (including phenoxy) is 1. The van der Waals surface area contributed by atoms with Crippen LogP contribution in [0, 0.1) is 0 Å². The van der Waals surface area contributed by atoms with Crippen molar-refractivity contribution >= 4 is 11.4 Å². The molecule has 0 amide bonds. The number of rotatable bonds is 8. The van der Waals surface area contributed by atoms with Gasteiger partial charge in [0.05, 0.1) is 0 Å². The van der Waals surface area contributed by atoms with Crippen LogP contribution in [0.4, 0.5) is 11.4 Å². The van der Waals surface area contributed by atoms with Gasteiger partial charge in [0.2, 0.25) is 0 Å². The van der Waals surface area contributed by atoms with E-state index in [4.69, 9.17) is 10.5 Å². The Labute approximate surface area is 171 Å². The highest BCUT2D eigenvalue weighted by molar-refractivity contribution is 5.71. The number of piperidine rings is 1. The average Bonchev–Trinajstić information content (AvgIpc) is 2.76. The number of nitrogens with two attached hydrogens (primary N) is 1. The summed E-state index contributed by atoms with van der Waals surface area (Å²) in [4.78, 5) is 25.3. The van der Waals surface area contributed by atoms with Crippen molar-refractivity contribution in [2.45, 2.75) is 50.5 Å². The molecule has 0 aromatic heterocycles. The summed E-state index contributed by atoms with van der Waals surface area (Å²) < 4.78 is 6.63. The quantitative estimate of drug-likeness (QED) is 0.526. The maximum absolute atomic E-state index is 11.5. The molecule has 0 spiro atoms. The molecule has 0 bridgehead atoms. The predicted molar refractivity (Wildman–Crippen MR) is 116 cm³/mol. The first kappa shape index (κ1) is 20.1. The summed E-state index contributed by atoms with van der Waals surface area (Å²) in [6, 6.07) is 8.71. The van der Waals surface area contributed by atoms with Gasteiger partial charge in [-0.3, -0.25) is 9.59 Å². The molecule has 1 fully saturated rings. The highest BCUT2D eigenvalue weighted by Gasteiger charge is 2.39. The maximum Gasteiger partial charge on any atom is 0.253 e. The van der Waals surface area contributed by atoms with Crippen molar-refractivity contribution in [1.82, 2.24) is 4.90 Å². The van der Waals surface area contributed by atoms with Crippen molar-refractivity contribution in [2.24, 2.45) is 0 Å². The Bertz CT molecular complexity index is 912. The SMILES string of the molecule is Nc1c(NCCCOC2(CN3CCCCC3)CCCc3ccccc32)c(=O)c1=O. The first-order valence-corrected chi connectivity index (χ1v) is 10.9. The Balaban J connectivity index is 1.41. The zero-order valence-electron chi connectivity index (χ0n) is 17.0. The Morgan fingerprint density at radius 2 is 1.86 bits per heavy atom. The number of aryl methyl sites for hydroxylation is 1. The van der Waals surface area contributed by atoms with Gasteiger partial charge < -0.3 is 20.7 Å². The summed E-state index contributed by atoms with van der Waals surface area (Å²) in [6.45, 7) is 4.42. The van der Waals surface area contributed by atoms with Crippen LogP contribution in [0.5, 0.6) is 0 Å². The molecule has 2 aliphatic rings. The minimum Gasteiger partial charge on any atom is -0.394 e. The van der Waals surface area contributed by atoms with Gasteiger partial charge in [-0.2, -0.15) is 0 Å². The van der Waals surface area contributed by atoms with E-state index in [0.717, 1.165) is 45.3 Å². The van der Waals surface area contributed by atoms with Crippen LogP contribution in [-0.4, -0.2) is 37.7 Å². The number of nitrogen functional groups attached to an aromatic ring is 1. The van der Waals surface area contributed by atoms with Gasteiger partial charge >= 0.3 is 0 Å². The van der Waals surface area contributed by atoms with E-state index in [1.165, 1.54) is 30.4 Å². The van der Waals surface area contributed by atoms with Crippen molar-refractivity contribution in [3.63, 3.8) is 0 Å². The van der Waals surface area contributed by atoms with E-state index in [1.807, 2.05) is 0 Å². The number of benzene rings is 1. The Morgan fingerprint density at radius 1 is 1.07 bits per heavy atom. The Kier molecular flexibility index (Phi) is 6.01. The first-order valence-electron chi connectivity index (χ1n) is 10.9. The van der Waals surface area contributed by atoms with Crippen LogP contribution in [0.15, 0.2) is 33.9 Å². The minimum absolute atomic E-state index is 0.0543. The van der Waals surface area contributed by atoms with Crippen LogP contribution >= 0.6 is 0 Å². The number of fused-ring (bicyclic) bond motifs is 1. The summed E-state index contributed by atoms with van der Waals surface area (Å²) in [7, 11) is 0. The molecule has 2 aromatic carbocycles. The summed E-state index contributed by atoms with van der Waals surface area (Å²) in [5.41, 5.74) is 7.30. The second-order valence-corrected chi connectivity index (χ2v) is 8.42. The topological polar surface area (TPSA) is 84.7 Å². The highest BCUT2D eigenvalue weighted by Crippen LogP contribution is 2.39. The average molecular weight is 398 g/mol. The number of likely N-dealkylation sites (tertiary alicyclic amines) is 1. The second kappa shape index (κ2) is 8.67. The van der Waals surface area contributed by atoms with Crippen molar-refractivity contribution in [3.05, 3.63) is 55.8 Å². The normalized spacial score (nSPS) is 22.5. The van der Waals surface area contributed by atoms with Gasteiger partial charge in [0.25, 0.3) is 10.9 Å². The molecule has 29 heavy (non-hydrogen) atoms. The summed E-state index contributed by atoms with van der Waals surface area (Å²) >= 11 is 0. The lowest BCUT2D eigenvalue weighted by Crippen LogP contribution is -2.47. The summed E-state index contributed by atoms with van der Waals surface area (Å²) in [5.74, 6) is 0. The van der Waals surface area contributed by atoms with Crippen molar-refractivity contribution in [3.8, 4) is 0 Å². The molecule has 4 rings (SSSR count). The van der Waals surface area contributed by atoms with E-state index in [9.17, 15) is 9.59 Å². The number of hydrogen-bond donors (Lipinski definition) is 2. The van der Waals surface area contributed by atoms with Crippen molar-refractivity contribution in [1.29, 1.82) is 0 Å². The molecule has 3 N–H and O–H groups in total. The van der Waals surface area contributed by atoms with Gasteiger partial charge in [-0.05, 0) is 62.7 Å². The van der Waals surface area contributed by atoms with Crippen LogP contribution in [0.25, 0.3) is 0 Å². The fourth-order valence-electron chi connectivity index (χ4n) is 4.86. The van der Waals surface area contributed by atoms with Crippen molar-refractivity contribution in [2.75, 3.05) is 43.8 Å². The van der Waals surface area contributed by atoms with Gasteiger partial charge in [0.15, 0.2) is 0 Å². The molecule has 0 radical (unpaired) electrons. The van der Waals surface area contributed by atoms with Crippen LogP contribution < -0.4 is 21.9 Å². The molecule has 1 saturated heterocycles. The summed E-state index contributed by atoms with van der Waals surface area (Å²) in [5, 5.41) is 2.99. The Morgan fingerprint density at radius 3 is 2.66 bits per heavy atom. The van der Waals surface area contributed by atoms with Crippen LogP contribution in [-0.2, 0) is 16.8 Å². The molecule has 1 aliphatic carbocycles. The maximum atomic E-state index is 11.5. The molecule has 6 nitrogen and oxygen atoms in total. The van der Waals surface area contributed by atoms with Gasteiger partial charge in [-0.25, -0.2) is 0 Å². The lowest BCUT2D eigenvalue weighted by atomic mass is 9.78. The third-order valence-corrected chi connectivity index (χ3v) is 6.41. The van der Waals surface area contributed by atoms with E-state index in [-0.39, 0.29) is 17.0 Å². The predicted octanol–water partition coefficient (Wildman–Crippen LogP) is 2.40. The van der Waals surface area contributed by atoms with E-state index in [0.29, 0.717) is 13.2 Å². The Hall–Kier alpha value is -2.18. The molecule has 1 atom stereocenters. The standard InChI is InChI=1S/C23H31N3O3/c24-19-20(22(28)21(19)27)25-12-7-15-29-23(16-26-13-4-1-5-14-26)11-6-9-17-8-2-3-10-18(17)23/h2-3,8,10,25H,1,4-7,9,11-16,24H2. The van der Waals surface area contributed by atoms with Gasteiger partial charge in [-0.1, -0.05) is 30.7 Å². The molecule has 1 heterocycles. The largest absolute Gasteiger partial charge is 0.394 e. The van der Waals surface area contributed by atoms with E-state index in [1.54, 1.807) is 0 Å². The van der Waals surface area contributed by atoms with Crippen LogP contribution in [0.3, 0.4) is 0 Å². The zero-order valence-corrected chi connectivity index (χ0v) is 17.0.